The summed E-state index contributed by atoms with van der Waals surface area (Å²) in [5.41, 5.74) is 2.27. The van der Waals surface area contributed by atoms with Gasteiger partial charge < -0.3 is 15.1 Å². The number of anilines is 1. The monoisotopic (exact) mass is 491 g/mol. The number of amides is 3. The predicted molar refractivity (Wildman–Crippen MR) is 134 cm³/mol. The molecule has 36 heavy (non-hydrogen) atoms. The Bertz CT molecular complexity index is 1240. The molecule has 8 heteroatoms. The van der Waals surface area contributed by atoms with E-state index in [4.69, 9.17) is 4.42 Å². The summed E-state index contributed by atoms with van der Waals surface area (Å²) in [7, 11) is 0. The van der Waals surface area contributed by atoms with E-state index in [1.807, 2.05) is 26.0 Å². The van der Waals surface area contributed by atoms with Gasteiger partial charge in [0.05, 0.1) is 12.8 Å². The van der Waals surface area contributed by atoms with E-state index in [0.29, 0.717) is 5.69 Å². The maximum atomic E-state index is 15.1. The smallest absolute Gasteiger partial charge is 0.287 e. The number of nitrogens with one attached hydrogen (secondary N) is 2. The molecule has 0 aliphatic heterocycles. The average Bonchev–Trinajstić information content (AvgIpc) is 3.57. The van der Waals surface area contributed by atoms with Gasteiger partial charge in [0.1, 0.15) is 11.9 Å². The molecule has 1 aromatic heterocycles. The van der Waals surface area contributed by atoms with Crippen molar-refractivity contribution >= 4 is 23.4 Å². The summed E-state index contributed by atoms with van der Waals surface area (Å²) < 4.78 is 20.2. The summed E-state index contributed by atoms with van der Waals surface area (Å²) in [6.07, 6.45) is 5.06. The summed E-state index contributed by atoms with van der Waals surface area (Å²) in [5.74, 6) is -2.11. The summed E-state index contributed by atoms with van der Waals surface area (Å²) in [4.78, 5) is 41.1. The standard InChI is InChI=1S/C28H30FN3O4/c1-18-13-14-23(19(2)16-18)32(25(33)17-30-27(34)24-12-7-15-36-24)26(21-10-5-6-11-22(21)29)28(35)31-20-8-3-4-9-20/h5-7,10-16,20,26H,3-4,8-9,17H2,1-2H3,(H,30,34)(H,31,35). The molecule has 7 nitrogen and oxygen atoms in total. The van der Waals surface area contributed by atoms with Crippen LogP contribution in [0.25, 0.3) is 0 Å². The molecule has 1 aliphatic rings. The van der Waals surface area contributed by atoms with Crippen molar-refractivity contribution in [3.8, 4) is 0 Å². The third-order valence-electron chi connectivity index (χ3n) is 6.43. The molecule has 1 fully saturated rings. The normalized spacial score (nSPS) is 14.3. The van der Waals surface area contributed by atoms with E-state index in [9.17, 15) is 14.4 Å². The summed E-state index contributed by atoms with van der Waals surface area (Å²) >= 11 is 0. The highest BCUT2D eigenvalue weighted by Crippen LogP contribution is 2.33. The van der Waals surface area contributed by atoms with Gasteiger partial charge in [-0.05, 0) is 56.5 Å². The highest BCUT2D eigenvalue weighted by molar-refractivity contribution is 6.04. The quantitative estimate of drug-likeness (QED) is 0.482. The van der Waals surface area contributed by atoms with Gasteiger partial charge in [0, 0.05) is 17.3 Å². The van der Waals surface area contributed by atoms with Crippen molar-refractivity contribution in [2.45, 2.75) is 51.6 Å². The lowest BCUT2D eigenvalue weighted by Crippen LogP contribution is -2.49. The van der Waals surface area contributed by atoms with Crippen molar-refractivity contribution in [1.29, 1.82) is 0 Å². The van der Waals surface area contributed by atoms with Crippen LogP contribution in [0.4, 0.5) is 10.1 Å². The van der Waals surface area contributed by atoms with Gasteiger partial charge in [0.25, 0.3) is 5.91 Å². The number of nitrogens with zero attached hydrogens (tertiary/aromatic N) is 1. The first kappa shape index (κ1) is 25.2. The molecule has 0 spiro atoms. The van der Waals surface area contributed by atoms with E-state index >= 15 is 4.39 Å². The Morgan fingerprint density at radius 1 is 1.06 bits per heavy atom. The molecule has 1 saturated carbocycles. The second kappa shape index (κ2) is 11.2. The molecule has 3 aromatic rings. The minimum Gasteiger partial charge on any atom is -0.459 e. The van der Waals surface area contributed by atoms with Crippen LogP contribution in [-0.2, 0) is 9.59 Å². The van der Waals surface area contributed by atoms with Crippen molar-refractivity contribution in [1.82, 2.24) is 10.6 Å². The predicted octanol–water partition coefficient (Wildman–Crippen LogP) is 4.60. The van der Waals surface area contributed by atoms with E-state index in [1.54, 1.807) is 18.2 Å². The van der Waals surface area contributed by atoms with Gasteiger partial charge in [0.2, 0.25) is 11.8 Å². The SMILES string of the molecule is Cc1ccc(N(C(=O)CNC(=O)c2ccco2)C(C(=O)NC2CCCC2)c2ccccc2F)c(C)c1. The lowest BCUT2D eigenvalue weighted by Gasteiger charge is -2.33. The first-order valence-corrected chi connectivity index (χ1v) is 12.1. The second-order valence-electron chi connectivity index (χ2n) is 9.13. The Labute approximate surface area is 209 Å². The van der Waals surface area contributed by atoms with Gasteiger partial charge in [-0.1, -0.05) is 48.7 Å². The molecule has 0 radical (unpaired) electrons. The topological polar surface area (TPSA) is 91.7 Å². The van der Waals surface area contributed by atoms with Crippen LogP contribution >= 0.6 is 0 Å². The molecule has 1 atom stereocenters. The first-order valence-electron chi connectivity index (χ1n) is 12.1. The molecular weight excluding hydrogens is 461 g/mol. The fraction of sp³-hybridized carbons (Fsp3) is 0.321. The van der Waals surface area contributed by atoms with Crippen LogP contribution in [-0.4, -0.2) is 30.3 Å². The molecule has 0 saturated heterocycles. The molecule has 1 aliphatic carbocycles. The molecule has 2 N–H and O–H groups in total. The number of benzene rings is 2. The number of aryl methyl sites for hydroxylation is 2. The van der Waals surface area contributed by atoms with Gasteiger partial charge in [-0.3, -0.25) is 19.3 Å². The van der Waals surface area contributed by atoms with Gasteiger partial charge in [-0.15, -0.1) is 0 Å². The van der Waals surface area contributed by atoms with Gasteiger partial charge in [-0.2, -0.15) is 0 Å². The Kier molecular flexibility index (Phi) is 7.83. The zero-order valence-electron chi connectivity index (χ0n) is 20.4. The Morgan fingerprint density at radius 2 is 1.81 bits per heavy atom. The van der Waals surface area contributed by atoms with Crippen LogP contribution in [0, 0.1) is 19.7 Å². The van der Waals surface area contributed by atoms with Crippen molar-refractivity contribution in [3.05, 3.63) is 89.1 Å². The Balaban J connectivity index is 1.73. The maximum Gasteiger partial charge on any atom is 0.287 e. The highest BCUT2D eigenvalue weighted by atomic mass is 19.1. The third-order valence-corrected chi connectivity index (χ3v) is 6.43. The van der Waals surface area contributed by atoms with Crippen molar-refractivity contribution in [2.24, 2.45) is 0 Å². The lowest BCUT2D eigenvalue weighted by molar-refractivity contribution is -0.126. The van der Waals surface area contributed by atoms with E-state index in [-0.39, 0.29) is 17.4 Å². The third kappa shape index (κ3) is 5.64. The van der Waals surface area contributed by atoms with Crippen LogP contribution in [0.2, 0.25) is 0 Å². The minimum absolute atomic E-state index is 0.0264. The molecule has 0 bridgehead atoms. The summed E-state index contributed by atoms with van der Waals surface area (Å²) in [6, 6.07) is 13.2. The molecule has 2 aromatic carbocycles. The number of hydrogen-bond donors (Lipinski definition) is 2. The number of carbonyl (C=O) groups is 3. The van der Waals surface area contributed by atoms with Crippen molar-refractivity contribution in [2.75, 3.05) is 11.4 Å². The number of hydrogen-bond acceptors (Lipinski definition) is 4. The first-order chi connectivity index (χ1) is 17.3. The molecule has 1 heterocycles. The van der Waals surface area contributed by atoms with E-state index in [1.165, 1.54) is 35.4 Å². The number of carbonyl (C=O) groups excluding carboxylic acids is 3. The molecule has 188 valence electrons. The van der Waals surface area contributed by atoms with E-state index in [2.05, 4.69) is 10.6 Å². The zero-order valence-corrected chi connectivity index (χ0v) is 20.4. The second-order valence-corrected chi connectivity index (χ2v) is 9.13. The van der Waals surface area contributed by atoms with Crippen LogP contribution in [0.15, 0.2) is 65.3 Å². The van der Waals surface area contributed by atoms with Gasteiger partial charge >= 0.3 is 0 Å². The maximum absolute atomic E-state index is 15.1. The van der Waals surface area contributed by atoms with Crippen LogP contribution in [0.3, 0.4) is 0 Å². The number of furan rings is 1. The fourth-order valence-electron chi connectivity index (χ4n) is 4.67. The van der Waals surface area contributed by atoms with Crippen molar-refractivity contribution < 1.29 is 23.2 Å². The van der Waals surface area contributed by atoms with Gasteiger partial charge in [-0.25, -0.2) is 4.39 Å². The Hall–Kier alpha value is -3.94. The highest BCUT2D eigenvalue weighted by Gasteiger charge is 2.36. The van der Waals surface area contributed by atoms with Crippen LogP contribution in [0.5, 0.6) is 0 Å². The largest absolute Gasteiger partial charge is 0.459 e. The molecule has 1 unspecified atom stereocenters. The van der Waals surface area contributed by atoms with E-state index in [0.717, 1.165) is 36.8 Å². The molecular formula is C28H30FN3O4. The van der Waals surface area contributed by atoms with Gasteiger partial charge in [0.15, 0.2) is 5.76 Å². The van der Waals surface area contributed by atoms with Crippen LogP contribution < -0.4 is 15.5 Å². The minimum atomic E-state index is -1.26. The molecule has 4 rings (SSSR count). The molecule has 3 amide bonds. The summed E-state index contributed by atoms with van der Waals surface area (Å²) in [5, 5.41) is 5.58. The number of rotatable bonds is 8. The average molecular weight is 492 g/mol. The van der Waals surface area contributed by atoms with E-state index < -0.39 is 36.1 Å². The Morgan fingerprint density at radius 3 is 2.47 bits per heavy atom. The summed E-state index contributed by atoms with van der Waals surface area (Å²) in [6.45, 7) is 3.35. The lowest BCUT2D eigenvalue weighted by atomic mass is 10.00. The fourth-order valence-corrected chi connectivity index (χ4v) is 4.67. The van der Waals surface area contributed by atoms with Crippen molar-refractivity contribution in [3.63, 3.8) is 0 Å². The zero-order chi connectivity index (χ0) is 25.7. The number of halogens is 1. The van der Waals surface area contributed by atoms with Crippen LogP contribution in [0.1, 0.15) is 59.0 Å².